The van der Waals surface area contributed by atoms with Gasteiger partial charge in [0.2, 0.25) is 10.0 Å². The highest BCUT2D eigenvalue weighted by Gasteiger charge is 2.08. The summed E-state index contributed by atoms with van der Waals surface area (Å²) < 4.78 is 25.4. The molecule has 1 aromatic carbocycles. The van der Waals surface area contributed by atoms with Crippen molar-refractivity contribution in [1.82, 2.24) is 15.4 Å². The minimum absolute atomic E-state index is 0.0137. The third kappa shape index (κ3) is 6.59. The Morgan fingerprint density at radius 1 is 1.24 bits per heavy atom. The van der Waals surface area contributed by atoms with Crippen molar-refractivity contribution in [2.45, 2.75) is 25.6 Å². The molecule has 0 aliphatic rings. The lowest BCUT2D eigenvalue weighted by Gasteiger charge is -2.12. The first-order chi connectivity index (χ1) is 10.0. The van der Waals surface area contributed by atoms with Crippen molar-refractivity contribution < 1.29 is 8.42 Å². The molecule has 0 aromatic heterocycles. The molecule has 0 atom stereocenters. The van der Waals surface area contributed by atoms with Crippen LogP contribution in [0.1, 0.15) is 24.5 Å². The number of rotatable bonds is 7. The molecule has 0 aliphatic heterocycles. The predicted octanol–water partition coefficient (Wildman–Crippen LogP) is 0.811. The molecular formula is C14H24N4O2S. The molecule has 3 N–H and O–H groups in total. The normalized spacial score (nSPS) is 12.2. The van der Waals surface area contributed by atoms with Gasteiger partial charge in [-0.25, -0.2) is 13.1 Å². The summed E-state index contributed by atoms with van der Waals surface area (Å²) in [7, 11) is -0.0998. The fraction of sp³-hybridized carbons (Fsp3) is 0.500. The van der Waals surface area contributed by atoms with Crippen molar-refractivity contribution in [3.8, 4) is 0 Å². The Kier molecular flexibility index (Phi) is 7.18. The van der Waals surface area contributed by atoms with Crippen LogP contribution in [0.2, 0.25) is 0 Å². The van der Waals surface area contributed by atoms with Gasteiger partial charge in [0.05, 0.1) is 5.75 Å². The quantitative estimate of drug-likeness (QED) is 0.514. The number of hydrogen-bond acceptors (Lipinski definition) is 3. The Bertz CT molecular complexity index is 570. The first-order valence-corrected chi connectivity index (χ1v) is 8.59. The average molecular weight is 312 g/mol. The minimum atomic E-state index is -3.24. The first kappa shape index (κ1) is 17.5. The van der Waals surface area contributed by atoms with Crippen molar-refractivity contribution in [2.75, 3.05) is 20.6 Å². The summed E-state index contributed by atoms with van der Waals surface area (Å²) in [5.41, 5.74) is 1.78. The number of sulfonamides is 1. The smallest absolute Gasteiger partial charge is 0.215 e. The first-order valence-electron chi connectivity index (χ1n) is 6.94. The minimum Gasteiger partial charge on any atom is -0.356 e. The van der Waals surface area contributed by atoms with Crippen LogP contribution in [0.25, 0.3) is 0 Å². The summed E-state index contributed by atoms with van der Waals surface area (Å²) in [6.07, 6.45) is 1.03. The van der Waals surface area contributed by atoms with E-state index in [-0.39, 0.29) is 5.75 Å². The molecule has 0 amide bonds. The van der Waals surface area contributed by atoms with Gasteiger partial charge in [-0.15, -0.1) is 0 Å². The largest absolute Gasteiger partial charge is 0.356 e. The van der Waals surface area contributed by atoms with Crippen LogP contribution in [0.15, 0.2) is 29.3 Å². The van der Waals surface area contributed by atoms with Crippen LogP contribution in [-0.2, 0) is 22.3 Å². The Morgan fingerprint density at radius 2 is 1.95 bits per heavy atom. The predicted molar refractivity (Wildman–Crippen MR) is 86.6 cm³/mol. The molecular weight excluding hydrogens is 288 g/mol. The zero-order valence-electron chi connectivity index (χ0n) is 12.8. The lowest BCUT2D eigenvalue weighted by Crippen LogP contribution is -2.37. The van der Waals surface area contributed by atoms with Gasteiger partial charge in [0.15, 0.2) is 5.96 Å². The highest BCUT2D eigenvalue weighted by molar-refractivity contribution is 7.88. The van der Waals surface area contributed by atoms with E-state index in [2.05, 4.69) is 27.3 Å². The maximum Gasteiger partial charge on any atom is 0.215 e. The van der Waals surface area contributed by atoms with E-state index in [0.29, 0.717) is 6.54 Å². The molecule has 7 heteroatoms. The topological polar surface area (TPSA) is 82.6 Å². The molecule has 0 spiro atoms. The molecule has 0 unspecified atom stereocenters. The van der Waals surface area contributed by atoms with Crippen LogP contribution in [0.5, 0.6) is 0 Å². The summed E-state index contributed by atoms with van der Waals surface area (Å²) in [4.78, 5) is 4.12. The zero-order chi connectivity index (χ0) is 15.7. The van der Waals surface area contributed by atoms with Crippen molar-refractivity contribution in [2.24, 2.45) is 4.99 Å². The van der Waals surface area contributed by atoms with Gasteiger partial charge in [-0.3, -0.25) is 4.99 Å². The van der Waals surface area contributed by atoms with Crippen molar-refractivity contribution >= 4 is 16.0 Å². The number of guanidine groups is 1. The third-order valence-corrected chi connectivity index (χ3v) is 4.22. The van der Waals surface area contributed by atoms with Crippen LogP contribution in [0, 0.1) is 0 Å². The summed E-state index contributed by atoms with van der Waals surface area (Å²) in [5.74, 6) is 0.727. The van der Waals surface area contributed by atoms with Crippen LogP contribution in [0.3, 0.4) is 0 Å². The maximum atomic E-state index is 11.6. The third-order valence-electron chi connectivity index (χ3n) is 2.89. The lowest BCUT2D eigenvalue weighted by molar-refractivity contribution is 0.587. The fourth-order valence-electron chi connectivity index (χ4n) is 1.77. The van der Waals surface area contributed by atoms with Gasteiger partial charge in [-0.1, -0.05) is 31.2 Å². The summed E-state index contributed by atoms with van der Waals surface area (Å²) in [6, 6.07) is 7.51. The monoisotopic (exact) mass is 312 g/mol. The molecule has 0 heterocycles. The second kappa shape index (κ2) is 8.63. The lowest BCUT2D eigenvalue weighted by atomic mass is 10.1. The van der Waals surface area contributed by atoms with Gasteiger partial charge in [0.1, 0.15) is 0 Å². The number of benzene rings is 1. The van der Waals surface area contributed by atoms with E-state index in [1.165, 1.54) is 7.05 Å². The molecule has 118 valence electrons. The van der Waals surface area contributed by atoms with E-state index in [1.54, 1.807) is 7.05 Å². The van der Waals surface area contributed by atoms with Gasteiger partial charge >= 0.3 is 0 Å². The van der Waals surface area contributed by atoms with Gasteiger partial charge in [-0.05, 0) is 24.6 Å². The van der Waals surface area contributed by atoms with Gasteiger partial charge in [-0.2, -0.15) is 0 Å². The molecule has 0 saturated carbocycles. The molecule has 0 fully saturated rings. The molecule has 0 bridgehead atoms. The number of aliphatic imine (C=N–C) groups is 1. The average Bonchev–Trinajstić information content (AvgIpc) is 2.47. The molecule has 6 nitrogen and oxygen atoms in total. The highest BCUT2D eigenvalue weighted by atomic mass is 32.2. The number of nitrogens with zero attached hydrogens (tertiary/aromatic N) is 1. The highest BCUT2D eigenvalue weighted by Crippen LogP contribution is 2.08. The maximum absolute atomic E-state index is 11.6. The Morgan fingerprint density at radius 3 is 2.57 bits per heavy atom. The molecule has 21 heavy (non-hydrogen) atoms. The number of nitrogens with one attached hydrogen (secondary N) is 3. The Hall–Kier alpha value is -1.60. The van der Waals surface area contributed by atoms with Gasteiger partial charge in [0, 0.05) is 20.1 Å². The van der Waals surface area contributed by atoms with E-state index in [0.717, 1.165) is 30.1 Å². The molecule has 0 radical (unpaired) electrons. The van der Waals surface area contributed by atoms with Crippen molar-refractivity contribution in [3.63, 3.8) is 0 Å². The van der Waals surface area contributed by atoms with Crippen LogP contribution < -0.4 is 15.4 Å². The van der Waals surface area contributed by atoms with Crippen LogP contribution in [0.4, 0.5) is 0 Å². The van der Waals surface area contributed by atoms with Crippen LogP contribution in [-0.4, -0.2) is 35.0 Å². The molecule has 1 rings (SSSR count). The summed E-state index contributed by atoms with van der Waals surface area (Å²) in [6.45, 7) is 3.54. The van der Waals surface area contributed by atoms with E-state index in [9.17, 15) is 8.42 Å². The Labute approximate surface area is 127 Å². The summed E-state index contributed by atoms with van der Waals surface area (Å²) in [5, 5.41) is 6.38. The second-order valence-corrected chi connectivity index (χ2v) is 6.56. The van der Waals surface area contributed by atoms with E-state index >= 15 is 0 Å². The van der Waals surface area contributed by atoms with Crippen molar-refractivity contribution in [1.29, 1.82) is 0 Å². The number of hydrogen-bond donors (Lipinski definition) is 3. The van der Waals surface area contributed by atoms with E-state index in [4.69, 9.17) is 0 Å². The zero-order valence-corrected chi connectivity index (χ0v) is 13.6. The van der Waals surface area contributed by atoms with E-state index < -0.39 is 10.0 Å². The Balaban J connectivity index is 2.64. The SMILES string of the molecule is CCCNC(=NC)NCc1cccc(CS(=O)(=O)NC)c1. The van der Waals surface area contributed by atoms with E-state index in [1.807, 2.05) is 24.3 Å². The molecule has 0 aliphatic carbocycles. The van der Waals surface area contributed by atoms with Crippen molar-refractivity contribution in [3.05, 3.63) is 35.4 Å². The molecule has 1 aromatic rings. The van der Waals surface area contributed by atoms with Gasteiger partial charge in [0.25, 0.3) is 0 Å². The van der Waals surface area contributed by atoms with Gasteiger partial charge < -0.3 is 10.6 Å². The second-order valence-electron chi connectivity index (χ2n) is 4.64. The summed E-state index contributed by atoms with van der Waals surface area (Å²) >= 11 is 0. The standard InChI is InChI=1S/C14H24N4O2S/c1-4-8-17-14(15-2)18-10-12-6-5-7-13(9-12)11-21(19,20)16-3/h5-7,9,16H,4,8,10-11H2,1-3H3,(H2,15,17,18). The van der Waals surface area contributed by atoms with Crippen LogP contribution >= 0.6 is 0 Å². The fourth-order valence-corrected chi connectivity index (χ4v) is 2.53. The molecule has 0 saturated heterocycles.